The molecule has 0 aliphatic carbocycles. The number of nitrogens with zero attached hydrogens (tertiary/aromatic N) is 2. The highest BCUT2D eigenvalue weighted by Crippen LogP contribution is 2.37. The molecule has 8 heteroatoms. The van der Waals surface area contributed by atoms with Crippen molar-refractivity contribution in [3.8, 4) is 0 Å². The number of Topliss-reactive ketones (excluding diaryl/α,β-unsaturated/α-hetero) is 1. The number of amides is 1. The zero-order valence-electron chi connectivity index (χ0n) is 9.63. The second-order valence-electron chi connectivity index (χ2n) is 3.89. The van der Waals surface area contributed by atoms with Crippen molar-refractivity contribution in [3.05, 3.63) is 21.1 Å². The molecule has 1 fully saturated rings. The van der Waals surface area contributed by atoms with Gasteiger partial charge in [-0.3, -0.25) is 19.7 Å². The maximum Gasteiger partial charge on any atom is 0.304 e. The Kier molecular flexibility index (Phi) is 3.28. The van der Waals surface area contributed by atoms with Gasteiger partial charge in [-0.25, -0.2) is 0 Å². The van der Waals surface area contributed by atoms with Crippen molar-refractivity contribution < 1.29 is 14.5 Å². The van der Waals surface area contributed by atoms with Crippen molar-refractivity contribution in [3.63, 3.8) is 0 Å². The maximum absolute atomic E-state index is 11.3. The SMILES string of the molecule is CC(=O)c1cc([N+](=O)[O-])c(N2CCNC(=O)C2)s1. The Balaban J connectivity index is 2.38. The highest BCUT2D eigenvalue weighted by molar-refractivity contribution is 7.18. The van der Waals surface area contributed by atoms with E-state index in [1.165, 1.54) is 13.0 Å². The molecule has 0 spiro atoms. The average molecular weight is 269 g/mol. The number of hydrogen-bond donors (Lipinski definition) is 1. The number of rotatable bonds is 3. The van der Waals surface area contributed by atoms with Crippen LogP contribution in [0.1, 0.15) is 16.6 Å². The predicted octanol–water partition coefficient (Wildman–Crippen LogP) is 0.795. The number of hydrogen-bond acceptors (Lipinski definition) is 6. The van der Waals surface area contributed by atoms with E-state index >= 15 is 0 Å². The van der Waals surface area contributed by atoms with Gasteiger partial charge in [-0.15, -0.1) is 11.3 Å². The van der Waals surface area contributed by atoms with E-state index in [2.05, 4.69) is 5.32 Å². The second kappa shape index (κ2) is 4.73. The van der Waals surface area contributed by atoms with Gasteiger partial charge in [0.25, 0.3) is 0 Å². The molecule has 1 aromatic heterocycles. The van der Waals surface area contributed by atoms with Gasteiger partial charge in [-0.2, -0.15) is 0 Å². The number of anilines is 1. The fraction of sp³-hybridized carbons (Fsp3) is 0.400. The van der Waals surface area contributed by atoms with E-state index in [1.54, 1.807) is 4.90 Å². The lowest BCUT2D eigenvalue weighted by Crippen LogP contribution is -2.47. The molecule has 1 aliphatic heterocycles. The van der Waals surface area contributed by atoms with E-state index in [0.717, 1.165) is 11.3 Å². The third kappa shape index (κ3) is 2.33. The monoisotopic (exact) mass is 269 g/mol. The molecule has 1 amide bonds. The largest absolute Gasteiger partial charge is 0.353 e. The van der Waals surface area contributed by atoms with Crippen LogP contribution in [-0.2, 0) is 4.79 Å². The third-order valence-electron chi connectivity index (χ3n) is 2.56. The van der Waals surface area contributed by atoms with Crippen molar-refractivity contribution in [1.82, 2.24) is 5.32 Å². The first-order chi connectivity index (χ1) is 8.49. The summed E-state index contributed by atoms with van der Waals surface area (Å²) in [6, 6.07) is 1.27. The van der Waals surface area contributed by atoms with E-state index in [9.17, 15) is 19.7 Å². The highest BCUT2D eigenvalue weighted by atomic mass is 32.1. The van der Waals surface area contributed by atoms with Crippen LogP contribution in [0, 0.1) is 10.1 Å². The fourth-order valence-corrected chi connectivity index (χ4v) is 2.76. The molecule has 0 atom stereocenters. The smallest absolute Gasteiger partial charge is 0.304 e. The topological polar surface area (TPSA) is 92.5 Å². The van der Waals surface area contributed by atoms with Crippen molar-refractivity contribution in [1.29, 1.82) is 0 Å². The molecule has 0 radical (unpaired) electrons. The fourth-order valence-electron chi connectivity index (χ4n) is 1.71. The van der Waals surface area contributed by atoms with Crippen LogP contribution in [-0.4, -0.2) is 36.2 Å². The van der Waals surface area contributed by atoms with E-state index < -0.39 is 4.92 Å². The lowest BCUT2D eigenvalue weighted by molar-refractivity contribution is -0.383. The first kappa shape index (κ1) is 12.5. The molecular formula is C10H11N3O4S. The third-order valence-corrected chi connectivity index (χ3v) is 3.85. The van der Waals surface area contributed by atoms with E-state index in [0.29, 0.717) is 23.0 Å². The Morgan fingerprint density at radius 1 is 1.61 bits per heavy atom. The van der Waals surface area contributed by atoms with Crippen LogP contribution < -0.4 is 10.2 Å². The molecule has 96 valence electrons. The van der Waals surface area contributed by atoms with Crippen molar-refractivity contribution in [2.45, 2.75) is 6.92 Å². The van der Waals surface area contributed by atoms with E-state index in [-0.39, 0.29) is 23.9 Å². The zero-order chi connectivity index (χ0) is 13.3. The summed E-state index contributed by atoms with van der Waals surface area (Å²) in [6.07, 6.45) is 0. The zero-order valence-corrected chi connectivity index (χ0v) is 10.5. The molecule has 1 aromatic rings. The summed E-state index contributed by atoms with van der Waals surface area (Å²) >= 11 is 1.06. The molecule has 1 aliphatic rings. The lowest BCUT2D eigenvalue weighted by Gasteiger charge is -2.26. The number of nitrogens with one attached hydrogen (secondary N) is 1. The minimum Gasteiger partial charge on any atom is -0.353 e. The number of carbonyl (C=O) groups excluding carboxylic acids is 2. The van der Waals surface area contributed by atoms with Crippen molar-refractivity contribution in [2.75, 3.05) is 24.5 Å². The van der Waals surface area contributed by atoms with Gasteiger partial charge in [0.15, 0.2) is 10.8 Å². The summed E-state index contributed by atoms with van der Waals surface area (Å²) in [7, 11) is 0. The van der Waals surface area contributed by atoms with Crippen LogP contribution in [0.2, 0.25) is 0 Å². The van der Waals surface area contributed by atoms with Gasteiger partial charge >= 0.3 is 5.69 Å². The van der Waals surface area contributed by atoms with Crippen LogP contribution in [0.25, 0.3) is 0 Å². The lowest BCUT2D eigenvalue weighted by atomic mass is 10.3. The first-order valence-electron chi connectivity index (χ1n) is 5.30. The van der Waals surface area contributed by atoms with Crippen LogP contribution >= 0.6 is 11.3 Å². The summed E-state index contributed by atoms with van der Waals surface area (Å²) in [5.74, 6) is -0.385. The Hall–Kier alpha value is -1.96. The van der Waals surface area contributed by atoms with Crippen LogP contribution in [0.5, 0.6) is 0 Å². The number of nitro groups is 1. The molecule has 1 saturated heterocycles. The van der Waals surface area contributed by atoms with Crippen molar-refractivity contribution >= 4 is 33.7 Å². The Morgan fingerprint density at radius 2 is 2.33 bits per heavy atom. The Labute approximate surface area is 107 Å². The highest BCUT2D eigenvalue weighted by Gasteiger charge is 2.28. The first-order valence-corrected chi connectivity index (χ1v) is 6.11. The minimum absolute atomic E-state index is 0.0820. The predicted molar refractivity (Wildman–Crippen MR) is 66.2 cm³/mol. The van der Waals surface area contributed by atoms with Gasteiger partial charge in [0.1, 0.15) is 0 Å². The molecule has 0 bridgehead atoms. The normalized spacial score (nSPS) is 15.4. The second-order valence-corrected chi connectivity index (χ2v) is 4.92. The van der Waals surface area contributed by atoms with Crippen molar-refractivity contribution in [2.24, 2.45) is 0 Å². The van der Waals surface area contributed by atoms with Gasteiger partial charge < -0.3 is 10.2 Å². The molecule has 0 unspecified atom stereocenters. The standard InChI is InChI=1S/C10H11N3O4S/c1-6(14)8-4-7(13(16)17)10(18-8)12-3-2-11-9(15)5-12/h4H,2-3,5H2,1H3,(H,11,15). The van der Waals surface area contributed by atoms with Gasteiger partial charge in [-0.05, 0) is 6.92 Å². The van der Waals surface area contributed by atoms with Crippen LogP contribution in [0.3, 0.4) is 0 Å². The Bertz CT molecular complexity index is 525. The summed E-state index contributed by atoms with van der Waals surface area (Å²) in [5.41, 5.74) is -0.111. The molecule has 2 heterocycles. The summed E-state index contributed by atoms with van der Waals surface area (Å²) < 4.78 is 0. The van der Waals surface area contributed by atoms with Crippen LogP contribution in [0.4, 0.5) is 10.7 Å². The number of thiophene rings is 1. The molecule has 18 heavy (non-hydrogen) atoms. The average Bonchev–Trinajstić information content (AvgIpc) is 2.73. The molecule has 0 saturated carbocycles. The number of piperazine rings is 1. The van der Waals surface area contributed by atoms with Gasteiger partial charge in [-0.1, -0.05) is 0 Å². The molecular weight excluding hydrogens is 258 g/mol. The molecule has 0 aromatic carbocycles. The summed E-state index contributed by atoms with van der Waals surface area (Å²) in [4.78, 5) is 35.0. The number of carbonyl (C=O) groups is 2. The van der Waals surface area contributed by atoms with Gasteiger partial charge in [0, 0.05) is 19.2 Å². The van der Waals surface area contributed by atoms with E-state index in [1.807, 2.05) is 0 Å². The summed E-state index contributed by atoms with van der Waals surface area (Å²) in [5, 5.41) is 14.0. The Morgan fingerprint density at radius 3 is 2.89 bits per heavy atom. The van der Waals surface area contributed by atoms with Crippen LogP contribution in [0.15, 0.2) is 6.07 Å². The molecule has 2 rings (SSSR count). The minimum atomic E-state index is -0.523. The molecule has 1 N–H and O–H groups in total. The van der Waals surface area contributed by atoms with Gasteiger partial charge in [0.2, 0.25) is 5.91 Å². The molecule has 7 nitrogen and oxygen atoms in total. The van der Waals surface area contributed by atoms with E-state index in [4.69, 9.17) is 0 Å². The quantitative estimate of drug-likeness (QED) is 0.497. The maximum atomic E-state index is 11.3. The summed E-state index contributed by atoms with van der Waals surface area (Å²) in [6.45, 7) is 2.40. The van der Waals surface area contributed by atoms with Gasteiger partial charge in [0.05, 0.1) is 16.3 Å². The number of ketones is 1.